The third-order valence-electron chi connectivity index (χ3n) is 5.89. The highest BCUT2D eigenvalue weighted by Crippen LogP contribution is 2.26. The van der Waals surface area contributed by atoms with Gasteiger partial charge in [0, 0.05) is 30.2 Å². The van der Waals surface area contributed by atoms with Crippen molar-refractivity contribution in [2.75, 3.05) is 18.9 Å². The first kappa shape index (κ1) is 24.2. The number of rotatable bonds is 5. The Morgan fingerprint density at radius 1 is 1.15 bits per heavy atom. The third-order valence-corrected chi connectivity index (χ3v) is 5.89. The molecule has 6 heteroatoms. The Bertz CT molecular complexity index is 578. The van der Waals surface area contributed by atoms with Gasteiger partial charge in [-0.1, -0.05) is 37.5 Å². The van der Waals surface area contributed by atoms with E-state index in [1.54, 1.807) is 0 Å². The molecule has 3 rings (SSSR count). The molecular formula is C21H35Cl2N3O. The number of nitrogens with zero attached hydrogens (tertiary/aromatic N) is 1. The molecule has 27 heavy (non-hydrogen) atoms. The van der Waals surface area contributed by atoms with E-state index in [0.717, 1.165) is 31.6 Å². The lowest BCUT2D eigenvalue weighted by Crippen LogP contribution is -2.40. The molecule has 1 saturated heterocycles. The number of benzene rings is 1. The van der Waals surface area contributed by atoms with E-state index in [4.69, 9.17) is 0 Å². The molecule has 2 fully saturated rings. The van der Waals surface area contributed by atoms with Gasteiger partial charge in [0.2, 0.25) is 5.91 Å². The summed E-state index contributed by atoms with van der Waals surface area (Å²) in [5, 5.41) is 6.63. The first-order chi connectivity index (χ1) is 12.1. The lowest BCUT2D eigenvalue weighted by molar-refractivity contribution is -0.120. The van der Waals surface area contributed by atoms with Crippen molar-refractivity contribution in [2.24, 2.45) is 5.92 Å². The predicted octanol–water partition coefficient (Wildman–Crippen LogP) is 4.62. The fraction of sp³-hybridized carbons (Fsp3) is 0.667. The van der Waals surface area contributed by atoms with Crippen LogP contribution in [0.2, 0.25) is 0 Å². The van der Waals surface area contributed by atoms with Gasteiger partial charge >= 0.3 is 0 Å². The van der Waals surface area contributed by atoms with Crippen molar-refractivity contribution >= 4 is 36.4 Å². The van der Waals surface area contributed by atoms with Crippen LogP contribution in [0, 0.1) is 5.92 Å². The molecule has 1 aromatic rings. The van der Waals surface area contributed by atoms with Crippen LogP contribution in [0.1, 0.15) is 57.4 Å². The molecule has 154 valence electrons. The number of nitrogens with one attached hydrogen (secondary N) is 2. The number of para-hydroxylation sites is 1. The summed E-state index contributed by atoms with van der Waals surface area (Å²) in [5.74, 6) is 0.307. The van der Waals surface area contributed by atoms with Crippen LogP contribution in [0.15, 0.2) is 24.3 Å². The monoisotopic (exact) mass is 415 g/mol. The summed E-state index contributed by atoms with van der Waals surface area (Å²) in [4.78, 5) is 15.2. The van der Waals surface area contributed by atoms with Gasteiger partial charge in [0.25, 0.3) is 0 Å². The molecule has 0 unspecified atom stereocenters. The van der Waals surface area contributed by atoms with Crippen molar-refractivity contribution in [3.63, 3.8) is 0 Å². The molecule has 0 radical (unpaired) electrons. The summed E-state index contributed by atoms with van der Waals surface area (Å²) in [7, 11) is 2.23. The summed E-state index contributed by atoms with van der Waals surface area (Å²) >= 11 is 0. The normalized spacial score (nSPS) is 23.2. The van der Waals surface area contributed by atoms with Crippen LogP contribution in [0.3, 0.4) is 0 Å². The maximum atomic E-state index is 12.7. The van der Waals surface area contributed by atoms with Crippen LogP contribution in [-0.2, 0) is 11.3 Å². The van der Waals surface area contributed by atoms with Gasteiger partial charge in [-0.25, -0.2) is 0 Å². The van der Waals surface area contributed by atoms with Gasteiger partial charge in [0.15, 0.2) is 0 Å². The van der Waals surface area contributed by atoms with Crippen molar-refractivity contribution in [1.82, 2.24) is 10.2 Å². The molecule has 2 N–H and O–H groups in total. The van der Waals surface area contributed by atoms with Crippen LogP contribution in [0.4, 0.5) is 5.69 Å². The Balaban J connectivity index is 0.00000182. The summed E-state index contributed by atoms with van der Waals surface area (Å²) in [5.41, 5.74) is 2.22. The Kier molecular flexibility index (Phi) is 10.7. The van der Waals surface area contributed by atoms with E-state index in [2.05, 4.69) is 41.6 Å². The zero-order valence-electron chi connectivity index (χ0n) is 16.6. The van der Waals surface area contributed by atoms with Crippen LogP contribution < -0.4 is 10.6 Å². The average Bonchev–Trinajstić information content (AvgIpc) is 2.64. The van der Waals surface area contributed by atoms with Gasteiger partial charge in [0.05, 0.1) is 0 Å². The van der Waals surface area contributed by atoms with Crippen molar-refractivity contribution in [3.05, 3.63) is 29.8 Å². The quantitative estimate of drug-likeness (QED) is 0.736. The SMILES string of the molecule is C[C@H]1C[C@@H](C(=O)Nc2ccccc2CN(C)C2CCCCC2)CCN1.Cl.Cl. The van der Waals surface area contributed by atoms with E-state index in [-0.39, 0.29) is 36.6 Å². The summed E-state index contributed by atoms with van der Waals surface area (Å²) in [6.45, 7) is 4.00. The minimum atomic E-state index is 0. The fourth-order valence-corrected chi connectivity index (χ4v) is 4.30. The highest BCUT2D eigenvalue weighted by molar-refractivity contribution is 5.93. The molecule has 1 amide bonds. The lowest BCUT2D eigenvalue weighted by Gasteiger charge is -2.32. The van der Waals surface area contributed by atoms with Crippen LogP contribution in [-0.4, -0.2) is 36.5 Å². The summed E-state index contributed by atoms with van der Waals surface area (Å²) in [6, 6.07) is 9.41. The number of halogens is 2. The molecule has 4 nitrogen and oxygen atoms in total. The van der Waals surface area contributed by atoms with Crippen molar-refractivity contribution < 1.29 is 4.79 Å². The van der Waals surface area contributed by atoms with E-state index in [0.29, 0.717) is 12.1 Å². The summed E-state index contributed by atoms with van der Waals surface area (Å²) in [6.07, 6.45) is 8.54. The fourth-order valence-electron chi connectivity index (χ4n) is 4.30. The number of hydrogen-bond acceptors (Lipinski definition) is 3. The Hall–Kier alpha value is -0.810. The van der Waals surface area contributed by atoms with E-state index < -0.39 is 0 Å². The van der Waals surface area contributed by atoms with Crippen LogP contribution >= 0.6 is 24.8 Å². The van der Waals surface area contributed by atoms with Gasteiger partial charge in [-0.05, 0) is 57.8 Å². The van der Waals surface area contributed by atoms with E-state index in [1.165, 1.54) is 37.7 Å². The highest BCUT2D eigenvalue weighted by atomic mass is 35.5. The highest BCUT2D eigenvalue weighted by Gasteiger charge is 2.25. The molecule has 2 atom stereocenters. The van der Waals surface area contributed by atoms with Gasteiger partial charge in [0.1, 0.15) is 0 Å². The number of hydrogen-bond donors (Lipinski definition) is 2. The number of piperidine rings is 1. The second-order valence-corrected chi connectivity index (χ2v) is 7.93. The Morgan fingerprint density at radius 2 is 1.85 bits per heavy atom. The predicted molar refractivity (Wildman–Crippen MR) is 118 cm³/mol. The van der Waals surface area contributed by atoms with Gasteiger partial charge < -0.3 is 10.6 Å². The first-order valence-electron chi connectivity index (χ1n) is 9.96. The largest absolute Gasteiger partial charge is 0.326 e. The molecule has 1 aromatic carbocycles. The second kappa shape index (κ2) is 11.9. The standard InChI is InChI=1S/C21H33N3O.2ClH/c1-16-14-17(12-13-22-16)21(25)23-20-11-7-6-8-18(20)15-24(2)19-9-4-3-5-10-19;;/h6-8,11,16-17,19,22H,3-5,9-10,12-15H2,1-2H3,(H,23,25);2*1H/t16-,17-;;/m0../s1. The van der Waals surface area contributed by atoms with Crippen molar-refractivity contribution in [2.45, 2.75) is 70.5 Å². The zero-order valence-corrected chi connectivity index (χ0v) is 18.2. The smallest absolute Gasteiger partial charge is 0.227 e. The van der Waals surface area contributed by atoms with Gasteiger partial charge in [-0.2, -0.15) is 0 Å². The molecule has 1 heterocycles. The molecule has 1 aliphatic carbocycles. The minimum Gasteiger partial charge on any atom is -0.326 e. The van der Waals surface area contributed by atoms with Crippen molar-refractivity contribution in [1.29, 1.82) is 0 Å². The number of amides is 1. The number of carbonyl (C=O) groups is 1. The van der Waals surface area contributed by atoms with Crippen LogP contribution in [0.5, 0.6) is 0 Å². The van der Waals surface area contributed by atoms with Gasteiger partial charge in [-0.3, -0.25) is 9.69 Å². The van der Waals surface area contributed by atoms with Gasteiger partial charge in [-0.15, -0.1) is 24.8 Å². The molecule has 1 saturated carbocycles. The zero-order chi connectivity index (χ0) is 17.6. The molecule has 0 aromatic heterocycles. The number of anilines is 1. The van der Waals surface area contributed by atoms with E-state index >= 15 is 0 Å². The second-order valence-electron chi connectivity index (χ2n) is 7.93. The Morgan fingerprint density at radius 3 is 2.56 bits per heavy atom. The number of carbonyl (C=O) groups excluding carboxylic acids is 1. The Labute approximate surface area is 176 Å². The molecular weight excluding hydrogens is 381 g/mol. The molecule has 2 aliphatic rings. The average molecular weight is 416 g/mol. The first-order valence-corrected chi connectivity index (χ1v) is 9.96. The van der Waals surface area contributed by atoms with Crippen LogP contribution in [0.25, 0.3) is 0 Å². The topological polar surface area (TPSA) is 44.4 Å². The molecule has 1 aliphatic heterocycles. The van der Waals surface area contributed by atoms with E-state index in [1.807, 2.05) is 12.1 Å². The van der Waals surface area contributed by atoms with E-state index in [9.17, 15) is 4.79 Å². The molecule has 0 spiro atoms. The van der Waals surface area contributed by atoms with Crippen molar-refractivity contribution in [3.8, 4) is 0 Å². The minimum absolute atomic E-state index is 0. The summed E-state index contributed by atoms with van der Waals surface area (Å²) < 4.78 is 0. The maximum Gasteiger partial charge on any atom is 0.227 e. The third kappa shape index (κ3) is 6.94. The lowest BCUT2D eigenvalue weighted by atomic mass is 9.92. The maximum absolute atomic E-state index is 12.7. The molecule has 0 bridgehead atoms.